The Morgan fingerprint density at radius 3 is 2.95 bits per heavy atom. The molecule has 0 N–H and O–H groups in total. The van der Waals surface area contributed by atoms with Gasteiger partial charge in [0.1, 0.15) is 0 Å². The zero-order valence-corrected chi connectivity index (χ0v) is 12.7. The van der Waals surface area contributed by atoms with E-state index in [1.54, 1.807) is 6.92 Å². The molecule has 8 nitrogen and oxygen atoms in total. The maximum atomic E-state index is 11.4. The third kappa shape index (κ3) is 4.55. The Balaban J connectivity index is 1.85. The highest BCUT2D eigenvalue weighted by Gasteiger charge is 2.17. The number of esters is 1. The standard InChI is InChI=1S/C12H16N4O4S/c1-3-5-6-8-13-9(20-16-8)7-21-12-15-14-10(19-12)11(17)18-4-2/h3-7H2,1-2H3. The Bertz CT molecular complexity index is 583. The lowest BCUT2D eigenvalue weighted by atomic mass is 10.2. The van der Waals surface area contributed by atoms with E-state index in [1.807, 2.05) is 0 Å². The van der Waals surface area contributed by atoms with E-state index >= 15 is 0 Å². The number of hydrogen-bond acceptors (Lipinski definition) is 9. The first-order chi connectivity index (χ1) is 10.2. The van der Waals surface area contributed by atoms with Crippen molar-refractivity contribution in [2.45, 2.75) is 44.1 Å². The number of carbonyl (C=O) groups excluding carboxylic acids is 1. The van der Waals surface area contributed by atoms with Crippen LogP contribution in [0.15, 0.2) is 14.2 Å². The SMILES string of the molecule is CCCCc1noc(CSc2nnc(C(=O)OCC)o2)n1. The molecule has 2 aromatic rings. The van der Waals surface area contributed by atoms with E-state index in [9.17, 15) is 4.79 Å². The van der Waals surface area contributed by atoms with Crippen molar-refractivity contribution < 1.29 is 18.5 Å². The Labute approximate surface area is 125 Å². The molecule has 2 rings (SSSR count). The quantitative estimate of drug-likeness (QED) is 0.536. The van der Waals surface area contributed by atoms with E-state index in [0.29, 0.717) is 17.5 Å². The average molecular weight is 312 g/mol. The lowest BCUT2D eigenvalue weighted by Crippen LogP contribution is -2.04. The summed E-state index contributed by atoms with van der Waals surface area (Å²) in [6.07, 6.45) is 2.91. The Kier molecular flexibility index (Phi) is 5.73. The maximum Gasteiger partial charge on any atom is 0.396 e. The van der Waals surface area contributed by atoms with E-state index in [2.05, 4.69) is 27.3 Å². The zero-order chi connectivity index (χ0) is 15.1. The summed E-state index contributed by atoms with van der Waals surface area (Å²) in [4.78, 5) is 15.6. The van der Waals surface area contributed by atoms with E-state index in [4.69, 9.17) is 13.7 Å². The molecule has 0 aliphatic carbocycles. The van der Waals surface area contributed by atoms with Crippen molar-refractivity contribution in [3.05, 3.63) is 17.6 Å². The van der Waals surface area contributed by atoms with Gasteiger partial charge in [0.05, 0.1) is 12.4 Å². The molecule has 0 amide bonds. The zero-order valence-electron chi connectivity index (χ0n) is 11.9. The Morgan fingerprint density at radius 2 is 2.19 bits per heavy atom. The predicted molar refractivity (Wildman–Crippen MR) is 72.7 cm³/mol. The van der Waals surface area contributed by atoms with Gasteiger partial charge in [-0.05, 0) is 13.3 Å². The summed E-state index contributed by atoms with van der Waals surface area (Å²) in [6.45, 7) is 4.06. The molecule has 0 aromatic carbocycles. The summed E-state index contributed by atoms with van der Waals surface area (Å²) in [7, 11) is 0. The molecule has 0 aliphatic heterocycles. The van der Waals surface area contributed by atoms with E-state index < -0.39 is 5.97 Å². The lowest BCUT2D eigenvalue weighted by molar-refractivity contribution is 0.0475. The monoisotopic (exact) mass is 312 g/mol. The van der Waals surface area contributed by atoms with Crippen LogP contribution in [0.2, 0.25) is 0 Å². The van der Waals surface area contributed by atoms with E-state index in [-0.39, 0.29) is 17.7 Å². The van der Waals surface area contributed by atoms with Crippen molar-refractivity contribution >= 4 is 17.7 Å². The normalized spacial score (nSPS) is 10.8. The van der Waals surface area contributed by atoms with Crippen LogP contribution in [0, 0.1) is 0 Å². The van der Waals surface area contributed by atoms with Crippen LogP contribution in [0.5, 0.6) is 0 Å². The number of nitrogens with zero attached hydrogens (tertiary/aromatic N) is 4. The van der Waals surface area contributed by atoms with Crippen molar-refractivity contribution in [2.75, 3.05) is 6.61 Å². The topological polar surface area (TPSA) is 104 Å². The Morgan fingerprint density at radius 1 is 1.33 bits per heavy atom. The van der Waals surface area contributed by atoms with Crippen LogP contribution in [0.25, 0.3) is 0 Å². The van der Waals surface area contributed by atoms with Gasteiger partial charge in [0.2, 0.25) is 5.89 Å². The number of thioether (sulfide) groups is 1. The molecule has 0 bridgehead atoms. The highest BCUT2D eigenvalue weighted by molar-refractivity contribution is 7.98. The third-order valence-electron chi connectivity index (χ3n) is 2.44. The number of aromatic nitrogens is 4. The van der Waals surface area contributed by atoms with E-state index in [0.717, 1.165) is 19.3 Å². The van der Waals surface area contributed by atoms with Gasteiger partial charge in [-0.15, -0.1) is 5.10 Å². The van der Waals surface area contributed by atoms with Gasteiger partial charge < -0.3 is 13.7 Å². The van der Waals surface area contributed by atoms with Crippen LogP contribution in [0.1, 0.15) is 49.1 Å². The van der Waals surface area contributed by atoms with Crippen molar-refractivity contribution in [1.29, 1.82) is 0 Å². The summed E-state index contributed by atoms with van der Waals surface area (Å²) >= 11 is 1.22. The molecule has 0 unspecified atom stereocenters. The van der Waals surface area contributed by atoms with Crippen LogP contribution >= 0.6 is 11.8 Å². The van der Waals surface area contributed by atoms with Gasteiger partial charge in [-0.2, -0.15) is 4.98 Å². The first-order valence-corrected chi connectivity index (χ1v) is 7.66. The minimum atomic E-state index is -0.628. The fraction of sp³-hybridized carbons (Fsp3) is 0.583. The minimum absolute atomic E-state index is 0.159. The van der Waals surface area contributed by atoms with Gasteiger partial charge in [-0.25, -0.2) is 4.79 Å². The number of unbranched alkanes of at least 4 members (excludes halogenated alkanes) is 1. The number of carbonyl (C=O) groups is 1. The fourth-order valence-corrected chi connectivity index (χ4v) is 2.05. The van der Waals surface area contributed by atoms with Gasteiger partial charge in [0.15, 0.2) is 5.82 Å². The summed E-state index contributed by atoms with van der Waals surface area (Å²) in [5.74, 6) is 0.807. The van der Waals surface area contributed by atoms with Crippen molar-refractivity contribution in [1.82, 2.24) is 20.3 Å². The molecule has 114 valence electrons. The molecular formula is C12H16N4O4S. The summed E-state index contributed by atoms with van der Waals surface area (Å²) in [5.41, 5.74) is 0. The molecule has 0 aliphatic rings. The largest absolute Gasteiger partial charge is 0.459 e. The molecule has 0 spiro atoms. The van der Waals surface area contributed by atoms with Crippen LogP contribution in [-0.2, 0) is 16.9 Å². The molecule has 0 radical (unpaired) electrons. The van der Waals surface area contributed by atoms with Crippen molar-refractivity contribution in [3.8, 4) is 0 Å². The van der Waals surface area contributed by atoms with Gasteiger partial charge in [-0.3, -0.25) is 0 Å². The van der Waals surface area contributed by atoms with Gasteiger partial charge in [-0.1, -0.05) is 35.4 Å². The van der Waals surface area contributed by atoms with Crippen molar-refractivity contribution in [3.63, 3.8) is 0 Å². The smallest absolute Gasteiger partial charge is 0.396 e. The van der Waals surface area contributed by atoms with Gasteiger partial charge in [0, 0.05) is 6.42 Å². The third-order valence-corrected chi connectivity index (χ3v) is 3.24. The number of hydrogen-bond donors (Lipinski definition) is 0. The second-order valence-corrected chi connectivity index (χ2v) is 5.02. The molecule has 0 atom stereocenters. The average Bonchev–Trinajstić information content (AvgIpc) is 3.12. The first-order valence-electron chi connectivity index (χ1n) is 6.67. The van der Waals surface area contributed by atoms with Gasteiger partial charge >= 0.3 is 11.9 Å². The fourth-order valence-electron chi connectivity index (χ4n) is 1.45. The summed E-state index contributed by atoms with van der Waals surface area (Å²) < 4.78 is 15.0. The highest BCUT2D eigenvalue weighted by atomic mass is 32.2. The highest BCUT2D eigenvalue weighted by Crippen LogP contribution is 2.21. The minimum Gasteiger partial charge on any atom is -0.459 e. The maximum absolute atomic E-state index is 11.4. The second kappa shape index (κ2) is 7.77. The summed E-state index contributed by atoms with van der Waals surface area (Å²) in [6, 6.07) is 0. The van der Waals surface area contributed by atoms with Crippen LogP contribution < -0.4 is 0 Å². The first kappa shape index (κ1) is 15.5. The second-order valence-electron chi connectivity index (χ2n) is 4.09. The molecule has 0 fully saturated rings. The summed E-state index contributed by atoms with van der Waals surface area (Å²) in [5, 5.41) is 11.5. The van der Waals surface area contributed by atoms with Crippen LogP contribution in [0.3, 0.4) is 0 Å². The molecule has 21 heavy (non-hydrogen) atoms. The molecule has 2 heterocycles. The van der Waals surface area contributed by atoms with Gasteiger partial charge in [0.25, 0.3) is 5.22 Å². The molecule has 9 heteroatoms. The molecule has 0 saturated carbocycles. The van der Waals surface area contributed by atoms with Crippen LogP contribution in [0.4, 0.5) is 0 Å². The number of ether oxygens (including phenoxy) is 1. The lowest BCUT2D eigenvalue weighted by Gasteiger charge is -1.94. The molecule has 0 saturated heterocycles. The van der Waals surface area contributed by atoms with Crippen molar-refractivity contribution in [2.24, 2.45) is 0 Å². The number of rotatable bonds is 8. The Hall–Kier alpha value is -1.90. The predicted octanol–water partition coefficient (Wildman–Crippen LogP) is 2.26. The molecular weight excluding hydrogens is 296 g/mol. The molecule has 2 aromatic heterocycles. The number of aryl methyl sites for hydroxylation is 1. The van der Waals surface area contributed by atoms with E-state index in [1.165, 1.54) is 11.8 Å². The van der Waals surface area contributed by atoms with Crippen LogP contribution in [-0.4, -0.2) is 32.9 Å².